The monoisotopic (exact) mass is 298 g/mol. The van der Waals surface area contributed by atoms with Crippen molar-refractivity contribution in [3.8, 4) is 10.6 Å². The highest BCUT2D eigenvalue weighted by molar-refractivity contribution is 7.19. The molecule has 19 heavy (non-hydrogen) atoms. The zero-order valence-corrected chi connectivity index (χ0v) is 12.0. The van der Waals surface area contributed by atoms with Crippen molar-refractivity contribution in [3.63, 3.8) is 0 Å². The fraction of sp³-hybridized carbons (Fsp3) is 0.462. The Balaban J connectivity index is 1.74. The van der Waals surface area contributed by atoms with Gasteiger partial charge in [0.1, 0.15) is 0 Å². The summed E-state index contributed by atoms with van der Waals surface area (Å²) in [6.07, 6.45) is 3.31. The molecule has 0 aromatic carbocycles. The standard InChI is InChI=1S/C13H15ClN2O2S/c14-12-2-1-11(19-12)13-9(7-15-18-13)8-16-5-3-10(17)4-6-16/h1-2,7,10,17H,3-6,8H2. The Morgan fingerprint density at radius 2 is 2.21 bits per heavy atom. The van der Waals surface area contributed by atoms with Gasteiger partial charge in [0.2, 0.25) is 0 Å². The van der Waals surface area contributed by atoms with Crippen LogP contribution in [-0.4, -0.2) is 34.4 Å². The third kappa shape index (κ3) is 3.00. The van der Waals surface area contributed by atoms with Crippen molar-refractivity contribution < 1.29 is 9.63 Å². The number of halogens is 1. The van der Waals surface area contributed by atoms with E-state index in [1.54, 1.807) is 6.20 Å². The van der Waals surface area contributed by atoms with Gasteiger partial charge in [-0.1, -0.05) is 16.8 Å². The molecule has 1 fully saturated rings. The highest BCUT2D eigenvalue weighted by atomic mass is 35.5. The number of aliphatic hydroxyl groups excluding tert-OH is 1. The summed E-state index contributed by atoms with van der Waals surface area (Å²) in [7, 11) is 0. The van der Waals surface area contributed by atoms with Gasteiger partial charge < -0.3 is 9.63 Å². The molecule has 4 nitrogen and oxygen atoms in total. The lowest BCUT2D eigenvalue weighted by molar-refractivity contribution is 0.0792. The number of likely N-dealkylation sites (tertiary alicyclic amines) is 1. The normalized spacial score (nSPS) is 18.0. The third-order valence-electron chi connectivity index (χ3n) is 3.39. The molecule has 0 spiro atoms. The minimum atomic E-state index is -0.144. The van der Waals surface area contributed by atoms with Crippen LogP contribution in [0.1, 0.15) is 18.4 Å². The van der Waals surface area contributed by atoms with Gasteiger partial charge in [0.15, 0.2) is 5.76 Å². The number of thiophene rings is 1. The number of aliphatic hydroxyl groups is 1. The maximum atomic E-state index is 9.52. The molecular weight excluding hydrogens is 284 g/mol. The van der Waals surface area contributed by atoms with E-state index < -0.39 is 0 Å². The number of hydrogen-bond acceptors (Lipinski definition) is 5. The zero-order chi connectivity index (χ0) is 13.2. The van der Waals surface area contributed by atoms with Crippen molar-refractivity contribution in [1.29, 1.82) is 0 Å². The summed E-state index contributed by atoms with van der Waals surface area (Å²) in [6.45, 7) is 2.63. The van der Waals surface area contributed by atoms with Crippen molar-refractivity contribution in [2.75, 3.05) is 13.1 Å². The van der Waals surface area contributed by atoms with E-state index in [-0.39, 0.29) is 6.10 Å². The van der Waals surface area contributed by atoms with Gasteiger partial charge in [-0.3, -0.25) is 4.90 Å². The van der Waals surface area contributed by atoms with E-state index in [1.807, 2.05) is 12.1 Å². The highest BCUT2D eigenvalue weighted by Gasteiger charge is 2.20. The summed E-state index contributed by atoms with van der Waals surface area (Å²) in [4.78, 5) is 3.33. The fourth-order valence-electron chi connectivity index (χ4n) is 2.33. The first-order valence-electron chi connectivity index (χ1n) is 6.32. The number of nitrogens with zero attached hydrogens (tertiary/aromatic N) is 2. The van der Waals surface area contributed by atoms with Crippen LogP contribution in [0.4, 0.5) is 0 Å². The molecule has 3 rings (SSSR count). The molecule has 1 aliphatic rings. The van der Waals surface area contributed by atoms with Crippen LogP contribution >= 0.6 is 22.9 Å². The predicted molar refractivity (Wildman–Crippen MR) is 75.3 cm³/mol. The van der Waals surface area contributed by atoms with Crippen LogP contribution in [0.5, 0.6) is 0 Å². The SMILES string of the molecule is OC1CCN(Cc2cnoc2-c2ccc(Cl)s2)CC1. The summed E-state index contributed by atoms with van der Waals surface area (Å²) in [5.74, 6) is 0.808. The molecule has 102 valence electrons. The molecule has 0 unspecified atom stereocenters. The van der Waals surface area contributed by atoms with Crippen LogP contribution in [0.2, 0.25) is 4.34 Å². The molecule has 1 aliphatic heterocycles. The quantitative estimate of drug-likeness (QED) is 0.946. The number of piperidine rings is 1. The Bertz CT molecular complexity index is 546. The van der Waals surface area contributed by atoms with E-state index in [4.69, 9.17) is 16.1 Å². The number of rotatable bonds is 3. The first-order valence-corrected chi connectivity index (χ1v) is 7.51. The molecule has 0 saturated carbocycles. The zero-order valence-electron chi connectivity index (χ0n) is 10.4. The topological polar surface area (TPSA) is 49.5 Å². The first kappa shape index (κ1) is 13.1. The van der Waals surface area contributed by atoms with E-state index in [1.165, 1.54) is 11.3 Å². The molecule has 0 aliphatic carbocycles. The van der Waals surface area contributed by atoms with Crippen molar-refractivity contribution in [3.05, 3.63) is 28.2 Å². The lowest BCUT2D eigenvalue weighted by Gasteiger charge is -2.29. The Hall–Kier alpha value is -0.880. The molecule has 1 N–H and O–H groups in total. The second kappa shape index (κ2) is 5.63. The Morgan fingerprint density at radius 1 is 1.42 bits per heavy atom. The average Bonchev–Trinajstić information content (AvgIpc) is 3.01. The smallest absolute Gasteiger partial charge is 0.181 e. The maximum absolute atomic E-state index is 9.52. The van der Waals surface area contributed by atoms with Gasteiger partial charge in [-0.2, -0.15) is 0 Å². The van der Waals surface area contributed by atoms with E-state index in [0.717, 1.165) is 53.0 Å². The van der Waals surface area contributed by atoms with E-state index in [9.17, 15) is 5.11 Å². The Labute approximate surface area is 120 Å². The molecule has 2 aromatic rings. The van der Waals surface area contributed by atoms with Gasteiger partial charge >= 0.3 is 0 Å². The highest BCUT2D eigenvalue weighted by Crippen LogP contribution is 2.33. The summed E-state index contributed by atoms with van der Waals surface area (Å²) < 4.78 is 6.10. The van der Waals surface area contributed by atoms with Gasteiger partial charge in [0, 0.05) is 25.2 Å². The minimum Gasteiger partial charge on any atom is -0.393 e. The van der Waals surface area contributed by atoms with Gasteiger partial charge in [-0.05, 0) is 25.0 Å². The lowest BCUT2D eigenvalue weighted by Crippen LogP contribution is -2.35. The maximum Gasteiger partial charge on any atom is 0.181 e. The molecular formula is C13H15ClN2O2S. The molecule has 2 aromatic heterocycles. The van der Waals surface area contributed by atoms with Crippen molar-refractivity contribution in [2.45, 2.75) is 25.5 Å². The first-order chi connectivity index (χ1) is 9.22. The van der Waals surface area contributed by atoms with E-state index in [0.29, 0.717) is 0 Å². The fourth-order valence-corrected chi connectivity index (χ4v) is 3.39. The second-order valence-electron chi connectivity index (χ2n) is 4.79. The summed E-state index contributed by atoms with van der Waals surface area (Å²) in [6, 6.07) is 3.82. The Morgan fingerprint density at radius 3 is 2.89 bits per heavy atom. The van der Waals surface area contributed by atoms with Crippen molar-refractivity contribution in [1.82, 2.24) is 10.1 Å². The average molecular weight is 299 g/mol. The number of aromatic nitrogens is 1. The van der Waals surface area contributed by atoms with Gasteiger partial charge in [0.05, 0.1) is 21.5 Å². The van der Waals surface area contributed by atoms with Crippen LogP contribution < -0.4 is 0 Å². The van der Waals surface area contributed by atoms with Crippen LogP contribution in [0.15, 0.2) is 22.9 Å². The van der Waals surface area contributed by atoms with E-state index >= 15 is 0 Å². The van der Waals surface area contributed by atoms with Crippen LogP contribution in [-0.2, 0) is 6.54 Å². The van der Waals surface area contributed by atoms with Crippen LogP contribution in [0.25, 0.3) is 10.6 Å². The van der Waals surface area contributed by atoms with Crippen LogP contribution in [0, 0.1) is 0 Å². The Kier molecular flexibility index (Phi) is 3.88. The molecule has 0 amide bonds. The molecule has 1 saturated heterocycles. The summed E-state index contributed by atoms with van der Waals surface area (Å²) >= 11 is 7.45. The lowest BCUT2D eigenvalue weighted by atomic mass is 10.1. The van der Waals surface area contributed by atoms with Gasteiger partial charge in [0.25, 0.3) is 0 Å². The third-order valence-corrected chi connectivity index (χ3v) is 4.62. The minimum absolute atomic E-state index is 0.144. The largest absolute Gasteiger partial charge is 0.393 e. The molecule has 6 heteroatoms. The van der Waals surface area contributed by atoms with E-state index in [2.05, 4.69) is 10.1 Å². The van der Waals surface area contributed by atoms with Gasteiger partial charge in [-0.25, -0.2) is 0 Å². The molecule has 0 radical (unpaired) electrons. The van der Waals surface area contributed by atoms with Crippen LogP contribution in [0.3, 0.4) is 0 Å². The second-order valence-corrected chi connectivity index (χ2v) is 6.51. The van der Waals surface area contributed by atoms with Crippen molar-refractivity contribution in [2.24, 2.45) is 0 Å². The summed E-state index contributed by atoms with van der Waals surface area (Å²) in [5.41, 5.74) is 1.08. The predicted octanol–water partition coefficient (Wildman–Crippen LogP) is 3.01. The molecule has 0 bridgehead atoms. The molecule has 0 atom stereocenters. The number of hydrogen-bond donors (Lipinski definition) is 1. The van der Waals surface area contributed by atoms with Gasteiger partial charge in [-0.15, -0.1) is 11.3 Å². The molecule has 3 heterocycles. The summed E-state index contributed by atoms with van der Waals surface area (Å²) in [5, 5.41) is 13.4. The van der Waals surface area contributed by atoms with Crippen molar-refractivity contribution >= 4 is 22.9 Å².